The molecule has 0 saturated carbocycles. The van der Waals surface area contributed by atoms with Crippen LogP contribution >= 0.6 is 12.6 Å². The molecule has 0 spiro atoms. The number of thiol groups is 1. The first-order valence-electron chi connectivity index (χ1n) is 9.90. The molecule has 0 radical (unpaired) electrons. The fourth-order valence-electron chi connectivity index (χ4n) is 2.65. The van der Waals surface area contributed by atoms with Gasteiger partial charge in [0, 0.05) is 6.54 Å². The quantitative estimate of drug-likeness (QED) is 0.487. The minimum Gasteiger partial charge on any atom is -0.489 e. The predicted octanol–water partition coefficient (Wildman–Crippen LogP) is 4.73. The molecule has 0 aromatic heterocycles. The minimum absolute atomic E-state index is 0. The third kappa shape index (κ3) is 10.3. The zero-order chi connectivity index (χ0) is 22.0. The second-order valence-electron chi connectivity index (χ2n) is 7.85. The van der Waals surface area contributed by atoms with Crippen molar-refractivity contribution in [2.45, 2.75) is 59.4 Å². The van der Waals surface area contributed by atoms with Gasteiger partial charge in [0.2, 0.25) is 5.91 Å². The van der Waals surface area contributed by atoms with Gasteiger partial charge in [-0.1, -0.05) is 49.9 Å². The highest BCUT2D eigenvalue weighted by Gasteiger charge is 2.23. The molecule has 0 heterocycles. The molecule has 31 heavy (non-hydrogen) atoms. The van der Waals surface area contributed by atoms with Crippen LogP contribution in [-0.4, -0.2) is 29.4 Å². The van der Waals surface area contributed by atoms with Crippen LogP contribution in [0.15, 0.2) is 54.6 Å². The zero-order valence-electron chi connectivity index (χ0n) is 17.7. The highest BCUT2D eigenvalue weighted by molar-refractivity contribution is 7.80. The molecule has 6 nitrogen and oxygen atoms in total. The summed E-state index contributed by atoms with van der Waals surface area (Å²) in [6, 6.07) is 16.7. The summed E-state index contributed by atoms with van der Waals surface area (Å²) in [5.74, 6) is 0.895. The maximum atomic E-state index is 12.6. The van der Waals surface area contributed by atoms with Crippen molar-refractivity contribution in [3.63, 3.8) is 0 Å². The predicted molar refractivity (Wildman–Crippen MR) is 127 cm³/mol. The number of amides is 2. The second kappa shape index (κ2) is 12.9. The van der Waals surface area contributed by atoms with E-state index in [1.54, 1.807) is 20.8 Å². The summed E-state index contributed by atoms with van der Waals surface area (Å²) in [5, 5.41) is 5.47. The van der Waals surface area contributed by atoms with E-state index in [1.165, 1.54) is 0 Å². The number of carbonyl (C=O) groups excluding carboxylic acids is 2. The number of nitrogens with one attached hydrogen (secondary N) is 2. The van der Waals surface area contributed by atoms with E-state index in [4.69, 9.17) is 9.47 Å². The Morgan fingerprint density at radius 1 is 1.03 bits per heavy atom. The van der Waals surface area contributed by atoms with E-state index in [0.29, 0.717) is 25.3 Å². The van der Waals surface area contributed by atoms with E-state index in [-0.39, 0.29) is 13.3 Å². The third-order valence-corrected chi connectivity index (χ3v) is 4.30. The second-order valence-corrected chi connectivity index (χ2v) is 8.30. The molecule has 0 bridgehead atoms. The van der Waals surface area contributed by atoms with E-state index in [1.807, 2.05) is 54.6 Å². The summed E-state index contributed by atoms with van der Waals surface area (Å²) in [5.41, 5.74) is 1.35. The van der Waals surface area contributed by atoms with Crippen molar-refractivity contribution < 1.29 is 19.1 Å². The molecule has 2 rings (SSSR count). The number of alkyl carbamates (subject to hydrolysis) is 1. The Hall–Kier alpha value is -2.67. The summed E-state index contributed by atoms with van der Waals surface area (Å²) in [6.07, 6.45) is -0.227. The minimum atomic E-state index is -0.713. The lowest BCUT2D eigenvalue weighted by Crippen LogP contribution is -2.48. The molecule has 0 saturated heterocycles. The van der Waals surface area contributed by atoms with Crippen molar-refractivity contribution in [3.8, 4) is 5.75 Å². The maximum absolute atomic E-state index is 12.6. The van der Waals surface area contributed by atoms with E-state index in [2.05, 4.69) is 23.3 Å². The Morgan fingerprint density at radius 3 is 2.35 bits per heavy atom. The van der Waals surface area contributed by atoms with Crippen LogP contribution in [0.5, 0.6) is 5.75 Å². The first kappa shape index (κ1) is 26.4. The van der Waals surface area contributed by atoms with Gasteiger partial charge < -0.3 is 20.1 Å². The lowest BCUT2D eigenvalue weighted by Gasteiger charge is -2.23. The van der Waals surface area contributed by atoms with Crippen molar-refractivity contribution in [2.75, 3.05) is 5.75 Å². The molecule has 1 unspecified atom stereocenters. The molecule has 2 N–H and O–H groups in total. The average Bonchev–Trinajstić information content (AvgIpc) is 2.70. The molecular formula is C24H34N2O4S. The Labute approximate surface area is 191 Å². The smallest absolute Gasteiger partial charge is 0.408 e. The van der Waals surface area contributed by atoms with Crippen LogP contribution in [0, 0.1) is 0 Å². The van der Waals surface area contributed by atoms with Gasteiger partial charge >= 0.3 is 6.09 Å². The summed E-state index contributed by atoms with van der Waals surface area (Å²) in [4.78, 5) is 24.6. The van der Waals surface area contributed by atoms with Crippen molar-refractivity contribution >= 4 is 24.6 Å². The molecule has 0 aliphatic rings. The summed E-state index contributed by atoms with van der Waals surface area (Å²) >= 11 is 4.18. The highest BCUT2D eigenvalue weighted by atomic mass is 32.1. The van der Waals surface area contributed by atoms with E-state index in [9.17, 15) is 9.59 Å². The van der Waals surface area contributed by atoms with Gasteiger partial charge in [-0.3, -0.25) is 4.79 Å². The lowest BCUT2D eigenvalue weighted by atomic mass is 10.1. The molecule has 7 heteroatoms. The molecule has 2 aromatic carbocycles. The van der Waals surface area contributed by atoms with E-state index >= 15 is 0 Å². The first-order valence-corrected chi connectivity index (χ1v) is 10.5. The van der Waals surface area contributed by atoms with Gasteiger partial charge in [0.05, 0.1) is 0 Å². The van der Waals surface area contributed by atoms with Crippen LogP contribution in [0.4, 0.5) is 4.79 Å². The number of carbonyl (C=O) groups is 2. The first-order chi connectivity index (χ1) is 14.3. The molecule has 0 aliphatic heterocycles. The fourth-order valence-corrected chi connectivity index (χ4v) is 2.90. The number of hydrogen-bond acceptors (Lipinski definition) is 5. The summed E-state index contributed by atoms with van der Waals surface area (Å²) in [6.45, 7) is 6.11. The van der Waals surface area contributed by atoms with Crippen LogP contribution < -0.4 is 15.4 Å². The average molecular weight is 447 g/mol. The van der Waals surface area contributed by atoms with Crippen LogP contribution in [0.2, 0.25) is 0 Å². The SMILES string of the molecule is C.CC(C)(C)OC(=O)NC(CCS)C(=O)NCc1cccc(OCc2ccccc2)c1. The molecule has 2 aromatic rings. The lowest BCUT2D eigenvalue weighted by molar-refractivity contribution is -0.123. The van der Waals surface area contributed by atoms with Gasteiger partial charge in [0.25, 0.3) is 0 Å². The molecule has 1 atom stereocenters. The summed E-state index contributed by atoms with van der Waals surface area (Å²) in [7, 11) is 0. The van der Waals surface area contributed by atoms with Crippen molar-refractivity contribution in [2.24, 2.45) is 0 Å². The zero-order valence-corrected chi connectivity index (χ0v) is 18.6. The Morgan fingerprint density at radius 2 is 1.71 bits per heavy atom. The highest BCUT2D eigenvalue weighted by Crippen LogP contribution is 2.15. The van der Waals surface area contributed by atoms with Gasteiger partial charge in [-0.25, -0.2) is 4.79 Å². The van der Waals surface area contributed by atoms with Gasteiger partial charge in [0.1, 0.15) is 24.0 Å². The van der Waals surface area contributed by atoms with Gasteiger partial charge in [-0.15, -0.1) is 0 Å². The van der Waals surface area contributed by atoms with Crippen LogP contribution in [-0.2, 0) is 22.7 Å². The fraction of sp³-hybridized carbons (Fsp3) is 0.417. The molecule has 0 aliphatic carbocycles. The molecule has 0 fully saturated rings. The maximum Gasteiger partial charge on any atom is 0.408 e. The molecule has 2 amide bonds. The largest absolute Gasteiger partial charge is 0.489 e. The number of ether oxygens (including phenoxy) is 2. The van der Waals surface area contributed by atoms with Crippen molar-refractivity contribution in [1.82, 2.24) is 10.6 Å². The molecular weight excluding hydrogens is 412 g/mol. The number of benzene rings is 2. The Bertz CT molecular complexity index is 822. The normalized spacial score (nSPS) is 11.6. The van der Waals surface area contributed by atoms with Crippen molar-refractivity contribution in [3.05, 3.63) is 65.7 Å². The van der Waals surface area contributed by atoms with Crippen molar-refractivity contribution in [1.29, 1.82) is 0 Å². The molecule has 170 valence electrons. The summed E-state index contributed by atoms with van der Waals surface area (Å²) < 4.78 is 11.1. The van der Waals surface area contributed by atoms with Gasteiger partial charge in [-0.05, 0) is 56.2 Å². The Balaban J connectivity index is 0.00000480. The van der Waals surface area contributed by atoms with Gasteiger partial charge in [-0.2, -0.15) is 12.6 Å². The standard InChI is InChI=1S/C23H30N2O4S.CH4/c1-23(2,3)29-22(27)25-20(12-13-30)21(26)24-15-18-10-7-11-19(14-18)28-16-17-8-5-4-6-9-17;/h4-11,14,20,30H,12-13,15-16H2,1-3H3,(H,24,26)(H,25,27);1H4. The Kier molecular flexibility index (Phi) is 11.0. The van der Waals surface area contributed by atoms with Crippen LogP contribution in [0.25, 0.3) is 0 Å². The third-order valence-electron chi connectivity index (χ3n) is 4.04. The van der Waals surface area contributed by atoms with Crippen LogP contribution in [0.1, 0.15) is 45.7 Å². The van der Waals surface area contributed by atoms with E-state index < -0.39 is 17.7 Å². The number of hydrogen-bond donors (Lipinski definition) is 3. The van der Waals surface area contributed by atoms with Gasteiger partial charge in [0.15, 0.2) is 0 Å². The monoisotopic (exact) mass is 446 g/mol. The van der Waals surface area contributed by atoms with Crippen LogP contribution in [0.3, 0.4) is 0 Å². The number of rotatable bonds is 9. The topological polar surface area (TPSA) is 76.7 Å². The van der Waals surface area contributed by atoms with E-state index in [0.717, 1.165) is 16.9 Å².